The monoisotopic (exact) mass is 790 g/mol. The summed E-state index contributed by atoms with van der Waals surface area (Å²) >= 11 is 0. The number of nitrogens with zero attached hydrogens (tertiary/aromatic N) is 2. The minimum atomic E-state index is 0.412. The van der Waals surface area contributed by atoms with Gasteiger partial charge in [0.05, 0.1) is 22.4 Å². The number of hydrogen-bond donors (Lipinski definition) is 0. The summed E-state index contributed by atoms with van der Waals surface area (Å²) in [7, 11) is 0. The molecule has 8 aromatic rings. The topological polar surface area (TPSA) is 62.7 Å². The van der Waals surface area contributed by atoms with E-state index in [2.05, 4.69) is 128 Å². The summed E-state index contributed by atoms with van der Waals surface area (Å²) in [5, 5.41) is 2.14. The van der Waals surface area contributed by atoms with Gasteiger partial charge in [-0.1, -0.05) is 48.5 Å². The Labute approximate surface area is 352 Å². The van der Waals surface area contributed by atoms with Gasteiger partial charge in [0.25, 0.3) is 0 Å². The van der Waals surface area contributed by atoms with E-state index in [1.807, 2.05) is 36.4 Å². The summed E-state index contributed by atoms with van der Waals surface area (Å²) in [6.45, 7) is 19.4. The lowest BCUT2D eigenvalue weighted by Crippen LogP contribution is -2.10. The fourth-order valence-corrected chi connectivity index (χ4v) is 9.06. The Morgan fingerprint density at radius 1 is 0.333 bits per heavy atom. The Bertz CT molecular complexity index is 2710. The maximum Gasteiger partial charge on any atom is 0.122 e. The highest BCUT2D eigenvalue weighted by atomic mass is 16.5. The van der Waals surface area contributed by atoms with Gasteiger partial charge in [0.15, 0.2) is 0 Å². The van der Waals surface area contributed by atoms with Gasteiger partial charge in [-0.25, -0.2) is 9.97 Å². The normalized spacial score (nSPS) is 12.9. The van der Waals surface area contributed by atoms with E-state index in [1.165, 1.54) is 66.8 Å². The first kappa shape index (κ1) is 38.8. The quantitative estimate of drug-likeness (QED) is 0.143. The van der Waals surface area contributed by atoms with Crippen molar-refractivity contribution >= 4 is 21.8 Å². The van der Waals surface area contributed by atoms with Crippen LogP contribution in [-0.4, -0.2) is 36.4 Å². The molecule has 0 saturated carbocycles. The molecule has 6 aliphatic rings. The third-order valence-corrected chi connectivity index (χ3v) is 12.6. The highest BCUT2D eigenvalue weighted by Gasteiger charge is 2.22. The van der Waals surface area contributed by atoms with Crippen molar-refractivity contribution in [1.82, 2.24) is 9.97 Å². The van der Waals surface area contributed by atoms with E-state index in [0.29, 0.717) is 26.4 Å². The van der Waals surface area contributed by atoms with E-state index >= 15 is 0 Å². The Balaban J connectivity index is 1.18. The summed E-state index contributed by atoms with van der Waals surface area (Å²) in [5.74, 6) is 3.13. The van der Waals surface area contributed by atoms with Crippen LogP contribution in [0.25, 0.3) is 66.6 Å². The largest absolute Gasteiger partial charge is 0.490 e. The fourth-order valence-electron chi connectivity index (χ4n) is 9.06. The lowest BCUT2D eigenvalue weighted by molar-refractivity contribution is 0.213. The predicted molar refractivity (Wildman–Crippen MR) is 245 cm³/mol. The molecule has 0 spiro atoms. The molecule has 0 radical (unpaired) electrons. The summed E-state index contributed by atoms with van der Waals surface area (Å²) in [6, 6.07) is 37.4. The molecule has 6 aromatic carbocycles. The first-order chi connectivity index (χ1) is 29.1. The standard InChI is InChI=1S/C54H50N2O4/c1-31-35(5)51-36(6)32(2)49(31)41-11-9-13-45(29-41)59-27-25-57-43-19-21-44(22-20-43)58-26-28-60-46-14-10-12-42(30-46)50-33(3)37(7)52(38(8)34(50)4)48-24-18-40-16-15-39-17-23-47(51)55-53(39)54(40)56-48/h9-24,29-30H,25-28H2,1-8H3. The maximum atomic E-state index is 6.21. The number of benzene rings is 6. The highest BCUT2D eigenvalue weighted by Crippen LogP contribution is 2.42. The fraction of sp³-hybridized carbons (Fsp3) is 0.222. The number of aromatic nitrogens is 2. The smallest absolute Gasteiger partial charge is 0.122 e. The third-order valence-electron chi connectivity index (χ3n) is 12.6. The first-order valence-electron chi connectivity index (χ1n) is 20.8. The molecule has 14 rings (SSSR count). The van der Waals surface area contributed by atoms with Crippen molar-refractivity contribution in [2.45, 2.75) is 55.4 Å². The number of rotatable bonds is 0. The van der Waals surface area contributed by atoms with Crippen molar-refractivity contribution in [3.05, 3.63) is 154 Å². The molecule has 0 amide bonds. The van der Waals surface area contributed by atoms with Crippen molar-refractivity contribution in [3.8, 4) is 67.8 Å². The van der Waals surface area contributed by atoms with Crippen LogP contribution in [0.15, 0.2) is 109 Å². The second-order valence-corrected chi connectivity index (χ2v) is 16.0. The Hall–Kier alpha value is -6.66. The third kappa shape index (κ3) is 7.00. The zero-order chi connectivity index (χ0) is 41.7. The van der Waals surface area contributed by atoms with Crippen molar-refractivity contribution < 1.29 is 18.9 Å². The maximum absolute atomic E-state index is 6.21. The van der Waals surface area contributed by atoms with Crippen molar-refractivity contribution in [3.63, 3.8) is 0 Å². The molecule has 0 fully saturated rings. The average Bonchev–Trinajstić information content (AvgIpc) is 3.26. The molecule has 6 nitrogen and oxygen atoms in total. The molecule has 14 bridgehead atoms. The van der Waals surface area contributed by atoms with E-state index in [0.717, 1.165) is 67.3 Å². The molecule has 0 atom stereocenters. The van der Waals surface area contributed by atoms with Crippen LogP contribution in [0.2, 0.25) is 0 Å². The summed E-state index contributed by atoms with van der Waals surface area (Å²) in [4.78, 5) is 10.9. The van der Waals surface area contributed by atoms with Gasteiger partial charge in [0.1, 0.15) is 49.4 Å². The van der Waals surface area contributed by atoms with E-state index in [1.54, 1.807) is 0 Å². The first-order valence-corrected chi connectivity index (χ1v) is 20.8. The summed E-state index contributed by atoms with van der Waals surface area (Å²) in [5.41, 5.74) is 20.5. The van der Waals surface area contributed by atoms with Crippen LogP contribution in [0.1, 0.15) is 44.5 Å². The molecular formula is C54H50N2O4. The van der Waals surface area contributed by atoms with Gasteiger partial charge in [0, 0.05) is 21.9 Å². The predicted octanol–water partition coefficient (Wildman–Crippen LogP) is 13.1. The lowest BCUT2D eigenvalue weighted by Gasteiger charge is -2.22. The van der Waals surface area contributed by atoms with Gasteiger partial charge in [-0.2, -0.15) is 0 Å². The molecule has 6 heteroatoms. The Morgan fingerprint density at radius 2 is 0.650 bits per heavy atom. The molecule has 0 aliphatic carbocycles. The second-order valence-electron chi connectivity index (χ2n) is 16.0. The molecule has 300 valence electrons. The van der Waals surface area contributed by atoms with E-state index in [-0.39, 0.29) is 0 Å². The molecule has 60 heavy (non-hydrogen) atoms. The lowest BCUT2D eigenvalue weighted by atomic mass is 9.84. The molecule has 0 N–H and O–H groups in total. The van der Waals surface area contributed by atoms with Crippen LogP contribution >= 0.6 is 0 Å². The molecule has 0 saturated heterocycles. The van der Waals surface area contributed by atoms with Crippen LogP contribution in [0, 0.1) is 55.4 Å². The minimum absolute atomic E-state index is 0.412. The van der Waals surface area contributed by atoms with Gasteiger partial charge >= 0.3 is 0 Å². The SMILES string of the molecule is Cc1c(C)c2c(C)c(C)c1-c1cccc(c1)OCCOc1ccc(cc1)OCCOc1cccc(c1)-c1c(C)c(C)c(c(C)c1C)-c1ccc3ccc4ccc-2nc4c3n1. The van der Waals surface area contributed by atoms with E-state index in [9.17, 15) is 0 Å². The van der Waals surface area contributed by atoms with Gasteiger partial charge < -0.3 is 18.9 Å². The number of hydrogen-bond acceptors (Lipinski definition) is 6. The van der Waals surface area contributed by atoms with Crippen LogP contribution < -0.4 is 18.9 Å². The Kier molecular flexibility index (Phi) is 10.2. The minimum Gasteiger partial charge on any atom is -0.490 e. The molecule has 0 unspecified atom stereocenters. The van der Waals surface area contributed by atoms with Gasteiger partial charge in [-0.15, -0.1) is 0 Å². The van der Waals surface area contributed by atoms with Crippen LogP contribution in [0.4, 0.5) is 0 Å². The number of pyridine rings is 2. The van der Waals surface area contributed by atoms with Gasteiger partial charge in [-0.3, -0.25) is 0 Å². The number of ether oxygens (including phenoxy) is 4. The second kappa shape index (κ2) is 15.8. The zero-order valence-electron chi connectivity index (χ0n) is 35.7. The summed E-state index contributed by atoms with van der Waals surface area (Å²) in [6.07, 6.45) is 0. The van der Waals surface area contributed by atoms with Crippen molar-refractivity contribution in [2.75, 3.05) is 26.4 Å². The summed E-state index contributed by atoms with van der Waals surface area (Å²) < 4.78 is 24.5. The van der Waals surface area contributed by atoms with Crippen molar-refractivity contribution in [1.29, 1.82) is 0 Å². The van der Waals surface area contributed by atoms with Crippen molar-refractivity contribution in [2.24, 2.45) is 0 Å². The van der Waals surface area contributed by atoms with Crippen LogP contribution in [0.3, 0.4) is 0 Å². The van der Waals surface area contributed by atoms with Crippen LogP contribution in [0.5, 0.6) is 23.0 Å². The molecular weight excluding hydrogens is 741 g/mol. The molecule has 6 aliphatic heterocycles. The van der Waals surface area contributed by atoms with Gasteiger partial charge in [0.2, 0.25) is 0 Å². The molecule has 8 heterocycles. The average molecular weight is 791 g/mol. The van der Waals surface area contributed by atoms with E-state index < -0.39 is 0 Å². The molecule has 2 aromatic heterocycles. The van der Waals surface area contributed by atoms with Crippen LogP contribution in [-0.2, 0) is 0 Å². The zero-order valence-corrected chi connectivity index (χ0v) is 35.7. The van der Waals surface area contributed by atoms with E-state index in [4.69, 9.17) is 28.9 Å². The Morgan fingerprint density at radius 3 is 1.02 bits per heavy atom. The highest BCUT2D eigenvalue weighted by molar-refractivity contribution is 6.04. The van der Waals surface area contributed by atoms with Gasteiger partial charge in [-0.05, 0) is 183 Å².